The van der Waals surface area contributed by atoms with E-state index in [4.69, 9.17) is 5.26 Å². The van der Waals surface area contributed by atoms with Crippen LogP contribution in [0.4, 0.5) is 0 Å². The lowest BCUT2D eigenvalue weighted by molar-refractivity contribution is 0.101. The van der Waals surface area contributed by atoms with Crippen LogP contribution in [0.1, 0.15) is 34.2 Å². The van der Waals surface area contributed by atoms with Crippen LogP contribution in [0.3, 0.4) is 0 Å². The van der Waals surface area contributed by atoms with E-state index in [1.54, 1.807) is 18.4 Å². The standard InChI is InChI=1S/C11H10N4O/c1-6-9(4-12)11-13-5-10(8(3)16)7(2)15(11)14-6/h5H,1-3H3. The third-order valence-corrected chi connectivity index (χ3v) is 2.55. The summed E-state index contributed by atoms with van der Waals surface area (Å²) in [4.78, 5) is 15.4. The van der Waals surface area contributed by atoms with E-state index in [0.717, 1.165) is 0 Å². The Bertz CT molecular complexity index is 633. The second-order valence-electron chi connectivity index (χ2n) is 3.62. The molecule has 0 saturated heterocycles. The number of hydrogen-bond donors (Lipinski definition) is 0. The van der Waals surface area contributed by atoms with Gasteiger partial charge in [0.15, 0.2) is 11.4 Å². The molecule has 0 radical (unpaired) electrons. The molecular formula is C11H10N4O. The number of aromatic nitrogens is 3. The van der Waals surface area contributed by atoms with Gasteiger partial charge in [-0.15, -0.1) is 0 Å². The molecule has 0 amide bonds. The fourth-order valence-electron chi connectivity index (χ4n) is 1.68. The summed E-state index contributed by atoms with van der Waals surface area (Å²) in [7, 11) is 0. The smallest absolute Gasteiger partial charge is 0.173 e. The maximum absolute atomic E-state index is 11.3. The van der Waals surface area contributed by atoms with Gasteiger partial charge in [-0.1, -0.05) is 0 Å². The number of nitrogens with zero attached hydrogens (tertiary/aromatic N) is 4. The molecular weight excluding hydrogens is 204 g/mol. The highest BCUT2D eigenvalue weighted by molar-refractivity contribution is 5.95. The van der Waals surface area contributed by atoms with Gasteiger partial charge in [-0.25, -0.2) is 9.50 Å². The van der Waals surface area contributed by atoms with Gasteiger partial charge >= 0.3 is 0 Å². The molecule has 0 unspecified atom stereocenters. The van der Waals surface area contributed by atoms with E-state index in [0.29, 0.717) is 28.2 Å². The van der Waals surface area contributed by atoms with E-state index in [1.165, 1.54) is 13.1 Å². The van der Waals surface area contributed by atoms with Crippen molar-refractivity contribution in [2.24, 2.45) is 0 Å². The number of ketones is 1. The highest BCUT2D eigenvalue weighted by Crippen LogP contribution is 2.16. The van der Waals surface area contributed by atoms with Gasteiger partial charge in [-0.05, 0) is 20.8 Å². The van der Waals surface area contributed by atoms with Crippen LogP contribution in [0.2, 0.25) is 0 Å². The zero-order chi connectivity index (χ0) is 11.9. The lowest BCUT2D eigenvalue weighted by Crippen LogP contribution is -2.05. The van der Waals surface area contributed by atoms with Gasteiger partial charge in [-0.2, -0.15) is 10.4 Å². The molecule has 2 heterocycles. The molecule has 16 heavy (non-hydrogen) atoms. The molecule has 0 aliphatic heterocycles. The minimum Gasteiger partial charge on any atom is -0.294 e. The summed E-state index contributed by atoms with van der Waals surface area (Å²) in [5, 5.41) is 13.2. The highest BCUT2D eigenvalue weighted by atomic mass is 16.1. The Balaban J connectivity index is 2.88. The van der Waals surface area contributed by atoms with E-state index in [-0.39, 0.29) is 5.78 Å². The lowest BCUT2D eigenvalue weighted by atomic mass is 10.2. The van der Waals surface area contributed by atoms with Gasteiger partial charge in [-0.3, -0.25) is 4.79 Å². The predicted molar refractivity (Wildman–Crippen MR) is 57.2 cm³/mol. The molecule has 2 aromatic heterocycles. The number of nitriles is 1. The second-order valence-corrected chi connectivity index (χ2v) is 3.62. The first-order valence-corrected chi connectivity index (χ1v) is 4.82. The summed E-state index contributed by atoms with van der Waals surface area (Å²) < 4.78 is 1.55. The summed E-state index contributed by atoms with van der Waals surface area (Å²) in [6.07, 6.45) is 1.49. The maximum atomic E-state index is 11.3. The van der Waals surface area contributed by atoms with Crippen LogP contribution < -0.4 is 0 Å². The van der Waals surface area contributed by atoms with Gasteiger partial charge in [0.1, 0.15) is 11.6 Å². The molecule has 0 N–H and O–H groups in total. The quantitative estimate of drug-likeness (QED) is 0.673. The number of aryl methyl sites for hydroxylation is 2. The molecule has 0 bridgehead atoms. The molecule has 5 heteroatoms. The minimum atomic E-state index is -0.0569. The Morgan fingerprint density at radius 1 is 1.50 bits per heavy atom. The molecule has 0 aromatic carbocycles. The van der Waals surface area contributed by atoms with Crippen LogP contribution in [0.25, 0.3) is 5.65 Å². The van der Waals surface area contributed by atoms with Crippen molar-refractivity contribution in [3.05, 3.63) is 28.7 Å². The Hall–Kier alpha value is -2.22. The summed E-state index contributed by atoms with van der Waals surface area (Å²) in [5.74, 6) is -0.0569. The first-order chi connectivity index (χ1) is 7.56. The van der Waals surface area contributed by atoms with Crippen molar-refractivity contribution < 1.29 is 4.79 Å². The molecule has 0 aliphatic carbocycles. The van der Waals surface area contributed by atoms with Gasteiger partial charge in [0.2, 0.25) is 0 Å². The number of Topliss-reactive ketones (excluding diaryl/α,β-unsaturated/α-hetero) is 1. The molecule has 0 saturated carbocycles. The summed E-state index contributed by atoms with van der Waals surface area (Å²) in [6, 6.07) is 2.06. The van der Waals surface area contributed by atoms with Crippen LogP contribution in [-0.4, -0.2) is 20.4 Å². The normalized spacial score (nSPS) is 10.4. The molecule has 2 aromatic rings. The van der Waals surface area contributed by atoms with Crippen molar-refractivity contribution in [3.63, 3.8) is 0 Å². The highest BCUT2D eigenvalue weighted by Gasteiger charge is 2.15. The summed E-state index contributed by atoms with van der Waals surface area (Å²) in [6.45, 7) is 5.02. The maximum Gasteiger partial charge on any atom is 0.173 e. The lowest BCUT2D eigenvalue weighted by Gasteiger charge is -2.03. The molecule has 80 valence electrons. The zero-order valence-corrected chi connectivity index (χ0v) is 9.27. The van der Waals surface area contributed by atoms with Gasteiger partial charge in [0.25, 0.3) is 0 Å². The molecule has 0 spiro atoms. The number of carbonyl (C=O) groups is 1. The molecule has 0 atom stereocenters. The van der Waals surface area contributed by atoms with Crippen LogP contribution in [-0.2, 0) is 0 Å². The van der Waals surface area contributed by atoms with Gasteiger partial charge < -0.3 is 0 Å². The monoisotopic (exact) mass is 214 g/mol. The Morgan fingerprint density at radius 2 is 2.19 bits per heavy atom. The van der Waals surface area contributed by atoms with Crippen LogP contribution in [0.5, 0.6) is 0 Å². The van der Waals surface area contributed by atoms with Crippen molar-refractivity contribution in [1.82, 2.24) is 14.6 Å². The van der Waals surface area contributed by atoms with Gasteiger partial charge in [0, 0.05) is 6.20 Å². The summed E-state index contributed by atoms with van der Waals surface area (Å²) in [5.41, 5.74) is 2.82. The summed E-state index contributed by atoms with van der Waals surface area (Å²) >= 11 is 0. The molecule has 0 aliphatic rings. The molecule has 2 rings (SSSR count). The van der Waals surface area contributed by atoms with Crippen molar-refractivity contribution in [1.29, 1.82) is 5.26 Å². The number of hydrogen-bond acceptors (Lipinski definition) is 4. The second kappa shape index (κ2) is 3.42. The fraction of sp³-hybridized carbons (Fsp3) is 0.273. The average molecular weight is 214 g/mol. The Kier molecular flexibility index (Phi) is 2.20. The molecule has 5 nitrogen and oxygen atoms in total. The Labute approximate surface area is 92.3 Å². The van der Waals surface area contributed by atoms with Crippen LogP contribution in [0, 0.1) is 25.2 Å². The largest absolute Gasteiger partial charge is 0.294 e. The fourth-order valence-corrected chi connectivity index (χ4v) is 1.68. The average Bonchev–Trinajstić information content (AvgIpc) is 2.55. The zero-order valence-electron chi connectivity index (χ0n) is 9.27. The van der Waals surface area contributed by atoms with Crippen molar-refractivity contribution in [2.75, 3.05) is 0 Å². The third-order valence-electron chi connectivity index (χ3n) is 2.55. The predicted octanol–water partition coefficient (Wildman–Crippen LogP) is 1.42. The third kappa shape index (κ3) is 1.27. The minimum absolute atomic E-state index is 0.0569. The topological polar surface area (TPSA) is 71.0 Å². The van der Waals surface area contributed by atoms with Crippen LogP contribution >= 0.6 is 0 Å². The first-order valence-electron chi connectivity index (χ1n) is 4.82. The number of fused-ring (bicyclic) bond motifs is 1. The number of rotatable bonds is 1. The van der Waals surface area contributed by atoms with Crippen molar-refractivity contribution in [3.8, 4) is 6.07 Å². The Morgan fingerprint density at radius 3 is 2.75 bits per heavy atom. The van der Waals surface area contributed by atoms with E-state index >= 15 is 0 Å². The van der Waals surface area contributed by atoms with E-state index in [9.17, 15) is 4.79 Å². The molecule has 0 fully saturated rings. The van der Waals surface area contributed by atoms with E-state index in [2.05, 4.69) is 16.2 Å². The SMILES string of the molecule is CC(=O)c1cnc2c(C#N)c(C)nn2c1C. The van der Waals surface area contributed by atoms with Crippen molar-refractivity contribution in [2.45, 2.75) is 20.8 Å². The van der Waals surface area contributed by atoms with Gasteiger partial charge in [0.05, 0.1) is 17.0 Å². The van der Waals surface area contributed by atoms with Crippen molar-refractivity contribution >= 4 is 11.4 Å². The van der Waals surface area contributed by atoms with E-state index < -0.39 is 0 Å². The van der Waals surface area contributed by atoms with Crippen LogP contribution in [0.15, 0.2) is 6.20 Å². The first kappa shape index (κ1) is 10.3. The van der Waals surface area contributed by atoms with E-state index in [1.807, 2.05) is 0 Å². The number of carbonyl (C=O) groups excluding carboxylic acids is 1.